The van der Waals surface area contributed by atoms with Gasteiger partial charge in [0.1, 0.15) is 11.3 Å². The van der Waals surface area contributed by atoms with Crippen molar-refractivity contribution in [3.8, 4) is 0 Å². The number of hydrogen-bond donors (Lipinski definition) is 4. The number of aliphatic imine (C=N–C) groups is 1. The normalized spacial score (nSPS) is 14.9. The van der Waals surface area contributed by atoms with Crippen LogP contribution in [0.2, 0.25) is 0 Å². The van der Waals surface area contributed by atoms with Crippen LogP contribution < -0.4 is 15.4 Å². The summed E-state index contributed by atoms with van der Waals surface area (Å²) in [6.07, 6.45) is 1.17. The summed E-state index contributed by atoms with van der Waals surface area (Å²) in [6, 6.07) is 12.5. The predicted molar refractivity (Wildman–Crippen MR) is 148 cm³/mol. The number of nitrogens with one attached hydrogen (secondary N) is 3. The molecule has 0 saturated heterocycles. The van der Waals surface area contributed by atoms with Crippen molar-refractivity contribution in [3.05, 3.63) is 65.4 Å². The van der Waals surface area contributed by atoms with Gasteiger partial charge in [0, 0.05) is 24.9 Å². The number of aryl methyl sites for hydroxylation is 1. The Morgan fingerprint density at radius 1 is 1.13 bits per heavy atom. The van der Waals surface area contributed by atoms with E-state index in [0.29, 0.717) is 29.9 Å². The van der Waals surface area contributed by atoms with E-state index >= 15 is 0 Å². The number of carbonyl (C=O) groups excluding carboxylic acids is 1. The second kappa shape index (κ2) is 11.6. The van der Waals surface area contributed by atoms with Crippen molar-refractivity contribution in [1.82, 2.24) is 15.4 Å². The summed E-state index contributed by atoms with van der Waals surface area (Å²) < 4.78 is 34.6. The van der Waals surface area contributed by atoms with Crippen LogP contribution in [0.1, 0.15) is 63.0 Å². The Kier molecular flexibility index (Phi) is 8.41. The zero-order valence-electron chi connectivity index (χ0n) is 22.3. The van der Waals surface area contributed by atoms with Crippen LogP contribution in [-0.2, 0) is 31.4 Å². The van der Waals surface area contributed by atoms with Crippen LogP contribution in [0.5, 0.6) is 0 Å². The van der Waals surface area contributed by atoms with Crippen LogP contribution in [-0.4, -0.2) is 44.4 Å². The number of carboxylic acid groups (broad SMARTS) is 1. The molecule has 0 spiro atoms. The second-order valence-corrected chi connectivity index (χ2v) is 12.3. The first-order valence-corrected chi connectivity index (χ1v) is 14.3. The van der Waals surface area contributed by atoms with Crippen molar-refractivity contribution >= 4 is 38.8 Å². The van der Waals surface area contributed by atoms with Gasteiger partial charge in [-0.2, -0.15) is 4.72 Å². The quantitative estimate of drug-likeness (QED) is 0.315. The lowest BCUT2D eigenvalue weighted by Crippen LogP contribution is -2.43. The maximum atomic E-state index is 13.1. The number of hydrogen-bond acceptors (Lipinski definition) is 7. The first-order valence-electron chi connectivity index (χ1n) is 12.9. The van der Waals surface area contributed by atoms with Gasteiger partial charge in [-0.05, 0) is 59.7 Å². The molecule has 0 bridgehead atoms. The highest BCUT2D eigenvalue weighted by Crippen LogP contribution is 2.29. The standard InChI is InChI=1S/C28H34N4O6S/c1-28(2,3)20-7-9-21(10-8-20)39(36,37)32-22(17-26(34)35)24-16-19-15-18(5-11-23(19)38-24)6-12-25(33)31-27-29-13-4-14-30-27/h5,7-11,15-16,22,32H,4,6,12-14,17H2,1-3H3,(H,34,35)(H2,29,30,31,33). The predicted octanol–water partition coefficient (Wildman–Crippen LogP) is 3.62. The largest absolute Gasteiger partial charge is 0.481 e. The van der Waals surface area contributed by atoms with E-state index in [1.807, 2.05) is 32.9 Å². The minimum Gasteiger partial charge on any atom is -0.481 e. The van der Waals surface area contributed by atoms with Gasteiger partial charge in [-0.1, -0.05) is 39.0 Å². The summed E-state index contributed by atoms with van der Waals surface area (Å²) in [4.78, 5) is 28.2. The van der Waals surface area contributed by atoms with E-state index in [2.05, 4.69) is 20.3 Å². The van der Waals surface area contributed by atoms with Crippen molar-refractivity contribution in [1.29, 1.82) is 0 Å². The summed E-state index contributed by atoms with van der Waals surface area (Å²) in [5, 5.41) is 16.0. The Balaban J connectivity index is 1.49. The van der Waals surface area contributed by atoms with Gasteiger partial charge in [0.15, 0.2) is 5.96 Å². The van der Waals surface area contributed by atoms with E-state index in [-0.39, 0.29) is 28.4 Å². The summed E-state index contributed by atoms with van der Waals surface area (Å²) in [7, 11) is -4.02. The zero-order chi connectivity index (χ0) is 28.2. The second-order valence-electron chi connectivity index (χ2n) is 10.6. The number of amides is 1. The molecule has 10 nitrogen and oxygen atoms in total. The molecule has 11 heteroatoms. The molecule has 1 aliphatic heterocycles. The van der Waals surface area contributed by atoms with Crippen LogP contribution in [0.3, 0.4) is 0 Å². The highest BCUT2D eigenvalue weighted by molar-refractivity contribution is 7.89. The van der Waals surface area contributed by atoms with Crippen LogP contribution in [0, 0.1) is 0 Å². The smallest absolute Gasteiger partial charge is 0.305 e. The molecule has 0 saturated carbocycles. The molecule has 1 atom stereocenters. The number of benzene rings is 2. The topological polar surface area (TPSA) is 150 Å². The van der Waals surface area contributed by atoms with Crippen LogP contribution in [0.4, 0.5) is 0 Å². The van der Waals surface area contributed by atoms with Crippen LogP contribution >= 0.6 is 0 Å². The minimum absolute atomic E-state index is 0.0388. The number of carbonyl (C=O) groups is 2. The van der Waals surface area contributed by atoms with Gasteiger partial charge in [-0.25, -0.2) is 8.42 Å². The molecular weight excluding hydrogens is 520 g/mol. The molecule has 4 rings (SSSR count). The molecule has 1 aromatic heterocycles. The highest BCUT2D eigenvalue weighted by atomic mass is 32.2. The number of guanidine groups is 1. The lowest BCUT2D eigenvalue weighted by atomic mass is 9.87. The molecule has 2 aromatic carbocycles. The molecule has 0 fully saturated rings. The molecule has 0 radical (unpaired) electrons. The van der Waals surface area contributed by atoms with Gasteiger partial charge in [-0.15, -0.1) is 0 Å². The van der Waals surface area contributed by atoms with Gasteiger partial charge in [0.2, 0.25) is 15.9 Å². The molecule has 1 unspecified atom stereocenters. The SMILES string of the molecule is CC(C)(C)c1ccc(S(=O)(=O)NC(CC(=O)O)c2cc3cc(CCC(=O)NC4=NCCCN4)ccc3o2)cc1. The number of fused-ring (bicyclic) bond motifs is 1. The van der Waals surface area contributed by atoms with E-state index in [0.717, 1.165) is 24.1 Å². The van der Waals surface area contributed by atoms with Gasteiger partial charge in [0.25, 0.3) is 0 Å². The summed E-state index contributed by atoms with van der Waals surface area (Å²) in [5.41, 5.74) is 2.22. The molecule has 1 aliphatic rings. The van der Waals surface area contributed by atoms with E-state index in [1.165, 1.54) is 12.1 Å². The van der Waals surface area contributed by atoms with Crippen molar-refractivity contribution in [2.24, 2.45) is 4.99 Å². The van der Waals surface area contributed by atoms with Gasteiger partial charge in [-0.3, -0.25) is 19.9 Å². The maximum absolute atomic E-state index is 13.1. The molecule has 0 aliphatic carbocycles. The summed E-state index contributed by atoms with van der Waals surface area (Å²) in [5.74, 6) is -0.630. The molecule has 2 heterocycles. The molecule has 1 amide bonds. The molecule has 208 valence electrons. The first-order chi connectivity index (χ1) is 18.4. The van der Waals surface area contributed by atoms with E-state index < -0.39 is 28.5 Å². The fourth-order valence-electron chi connectivity index (χ4n) is 4.27. The van der Waals surface area contributed by atoms with E-state index in [1.54, 1.807) is 24.3 Å². The van der Waals surface area contributed by atoms with Crippen LogP contribution in [0.15, 0.2) is 62.8 Å². The molecule has 4 N–H and O–H groups in total. The minimum atomic E-state index is -4.02. The number of nitrogens with zero attached hydrogens (tertiary/aromatic N) is 1. The van der Waals surface area contributed by atoms with E-state index in [9.17, 15) is 23.1 Å². The number of carboxylic acids is 1. The molecule has 39 heavy (non-hydrogen) atoms. The Labute approximate surface area is 227 Å². The Morgan fingerprint density at radius 3 is 2.51 bits per heavy atom. The van der Waals surface area contributed by atoms with Crippen molar-refractivity contribution in [2.75, 3.05) is 13.1 Å². The number of sulfonamides is 1. The summed E-state index contributed by atoms with van der Waals surface area (Å²) in [6.45, 7) is 7.56. The Morgan fingerprint density at radius 2 is 1.87 bits per heavy atom. The summed E-state index contributed by atoms with van der Waals surface area (Å²) >= 11 is 0. The molecule has 3 aromatic rings. The van der Waals surface area contributed by atoms with Gasteiger partial charge in [0.05, 0.1) is 17.4 Å². The fraction of sp³-hybridized carbons (Fsp3) is 0.393. The highest BCUT2D eigenvalue weighted by Gasteiger charge is 2.27. The Bertz CT molecular complexity index is 1490. The van der Waals surface area contributed by atoms with Gasteiger partial charge >= 0.3 is 5.97 Å². The van der Waals surface area contributed by atoms with Crippen molar-refractivity contribution in [2.45, 2.75) is 62.8 Å². The third-order valence-electron chi connectivity index (χ3n) is 6.45. The Hall–Kier alpha value is -3.70. The van der Waals surface area contributed by atoms with E-state index in [4.69, 9.17) is 4.42 Å². The average Bonchev–Trinajstić information content (AvgIpc) is 3.30. The monoisotopic (exact) mass is 554 g/mol. The first kappa shape index (κ1) is 28.3. The third-order valence-corrected chi connectivity index (χ3v) is 7.93. The van der Waals surface area contributed by atoms with Crippen molar-refractivity contribution in [3.63, 3.8) is 0 Å². The maximum Gasteiger partial charge on any atom is 0.305 e. The van der Waals surface area contributed by atoms with Crippen molar-refractivity contribution < 1.29 is 27.5 Å². The lowest BCUT2D eigenvalue weighted by molar-refractivity contribution is -0.137. The van der Waals surface area contributed by atoms with Gasteiger partial charge < -0.3 is 14.8 Å². The average molecular weight is 555 g/mol. The third kappa shape index (κ3) is 7.45. The fourth-order valence-corrected chi connectivity index (χ4v) is 5.48. The number of aliphatic carboxylic acids is 1. The molecular formula is C28H34N4O6S. The zero-order valence-corrected chi connectivity index (χ0v) is 23.1. The number of furan rings is 1. The lowest BCUT2D eigenvalue weighted by Gasteiger charge is -2.20. The van der Waals surface area contributed by atoms with Crippen LogP contribution in [0.25, 0.3) is 11.0 Å². The number of rotatable bonds is 9.